The van der Waals surface area contributed by atoms with Gasteiger partial charge in [-0.2, -0.15) is 0 Å². The van der Waals surface area contributed by atoms with Crippen LogP contribution in [0.2, 0.25) is 5.02 Å². The van der Waals surface area contributed by atoms with Crippen LogP contribution in [0, 0.1) is 0 Å². The Balaban J connectivity index is 1.88. The molecule has 0 unspecified atom stereocenters. The van der Waals surface area contributed by atoms with Crippen molar-refractivity contribution in [2.24, 2.45) is 0 Å². The number of amides is 1. The molecule has 0 aromatic heterocycles. The summed E-state index contributed by atoms with van der Waals surface area (Å²) in [5.41, 5.74) is 0.796. The highest BCUT2D eigenvalue weighted by atomic mass is 35.5. The number of ether oxygens (including phenoxy) is 3. The van der Waals surface area contributed by atoms with Crippen LogP contribution in [0.1, 0.15) is 27.6 Å². The van der Waals surface area contributed by atoms with Gasteiger partial charge in [0, 0.05) is 5.56 Å². The minimum absolute atomic E-state index is 0.179. The molecule has 3 aromatic carbocycles. The van der Waals surface area contributed by atoms with Crippen LogP contribution < -0.4 is 14.8 Å². The van der Waals surface area contributed by atoms with E-state index in [0.717, 1.165) is 0 Å². The van der Waals surface area contributed by atoms with Crippen molar-refractivity contribution in [3.8, 4) is 17.2 Å². The second-order valence-corrected chi connectivity index (χ2v) is 6.55. The predicted octanol–water partition coefficient (Wildman–Crippen LogP) is 5.57. The summed E-state index contributed by atoms with van der Waals surface area (Å²) >= 11 is 6.10. The molecule has 0 aliphatic carbocycles. The van der Waals surface area contributed by atoms with Crippen LogP contribution in [0.4, 0.5) is 5.69 Å². The van der Waals surface area contributed by atoms with E-state index in [0.29, 0.717) is 33.5 Å². The average Bonchev–Trinajstić information content (AvgIpc) is 2.75. The molecule has 30 heavy (non-hydrogen) atoms. The van der Waals surface area contributed by atoms with Crippen molar-refractivity contribution in [3.63, 3.8) is 0 Å². The summed E-state index contributed by atoms with van der Waals surface area (Å²) in [7, 11) is 1.49. The third kappa shape index (κ3) is 5.10. The van der Waals surface area contributed by atoms with Gasteiger partial charge in [-0.05, 0) is 55.5 Å². The first-order valence-electron chi connectivity index (χ1n) is 9.20. The van der Waals surface area contributed by atoms with Crippen LogP contribution in [0.15, 0.2) is 66.7 Å². The first-order chi connectivity index (χ1) is 14.5. The van der Waals surface area contributed by atoms with E-state index < -0.39 is 11.9 Å². The number of nitrogens with one attached hydrogen (secondary N) is 1. The average molecular weight is 426 g/mol. The van der Waals surface area contributed by atoms with Gasteiger partial charge >= 0.3 is 5.97 Å². The van der Waals surface area contributed by atoms with E-state index in [1.54, 1.807) is 43.3 Å². The Hall–Kier alpha value is -3.51. The third-order valence-electron chi connectivity index (χ3n) is 4.13. The molecule has 0 spiro atoms. The summed E-state index contributed by atoms with van der Waals surface area (Å²) in [5, 5.41) is 3.03. The van der Waals surface area contributed by atoms with E-state index in [-0.39, 0.29) is 12.2 Å². The smallest absolute Gasteiger partial charge is 0.340 e. The number of hydrogen-bond donors (Lipinski definition) is 1. The van der Waals surface area contributed by atoms with Gasteiger partial charge in [0.2, 0.25) is 0 Å². The second kappa shape index (κ2) is 9.80. The van der Waals surface area contributed by atoms with Crippen LogP contribution in [-0.2, 0) is 4.74 Å². The number of benzene rings is 3. The second-order valence-electron chi connectivity index (χ2n) is 6.15. The molecular weight excluding hydrogens is 406 g/mol. The molecule has 0 saturated carbocycles. The third-order valence-corrected chi connectivity index (χ3v) is 4.42. The molecule has 1 N–H and O–H groups in total. The fraction of sp³-hybridized carbons (Fsp3) is 0.130. The van der Waals surface area contributed by atoms with E-state index >= 15 is 0 Å². The molecular formula is C23H20ClNO5. The van der Waals surface area contributed by atoms with Gasteiger partial charge in [-0.25, -0.2) is 4.79 Å². The summed E-state index contributed by atoms with van der Waals surface area (Å²) in [6.07, 6.45) is 0. The number of hydrogen-bond acceptors (Lipinski definition) is 5. The summed E-state index contributed by atoms with van der Waals surface area (Å²) < 4.78 is 16.0. The topological polar surface area (TPSA) is 73.9 Å². The first kappa shape index (κ1) is 21.2. The molecule has 154 valence electrons. The molecule has 0 saturated heterocycles. The number of anilines is 1. The molecule has 0 aliphatic rings. The molecule has 7 heteroatoms. The van der Waals surface area contributed by atoms with Crippen molar-refractivity contribution in [1.29, 1.82) is 0 Å². The quantitative estimate of drug-likeness (QED) is 0.501. The van der Waals surface area contributed by atoms with E-state index in [4.69, 9.17) is 25.8 Å². The lowest BCUT2D eigenvalue weighted by Gasteiger charge is -2.13. The highest BCUT2D eigenvalue weighted by Gasteiger charge is 2.18. The van der Waals surface area contributed by atoms with Gasteiger partial charge in [0.15, 0.2) is 0 Å². The normalized spacial score (nSPS) is 10.2. The van der Waals surface area contributed by atoms with Gasteiger partial charge < -0.3 is 19.5 Å². The van der Waals surface area contributed by atoms with Crippen molar-refractivity contribution in [1.82, 2.24) is 0 Å². The van der Waals surface area contributed by atoms with Crippen LogP contribution >= 0.6 is 11.6 Å². The van der Waals surface area contributed by atoms with Crippen molar-refractivity contribution in [2.75, 3.05) is 19.0 Å². The molecule has 0 radical (unpaired) electrons. The number of methoxy groups -OCH3 is 1. The number of para-hydroxylation sites is 1. The lowest BCUT2D eigenvalue weighted by Crippen LogP contribution is -2.16. The van der Waals surface area contributed by atoms with Gasteiger partial charge in [-0.3, -0.25) is 4.79 Å². The monoisotopic (exact) mass is 425 g/mol. The molecule has 0 heterocycles. The predicted molar refractivity (Wildman–Crippen MR) is 115 cm³/mol. The fourth-order valence-corrected chi connectivity index (χ4v) is 2.96. The van der Waals surface area contributed by atoms with Crippen LogP contribution in [0.5, 0.6) is 17.2 Å². The molecule has 0 aliphatic heterocycles. The maximum absolute atomic E-state index is 12.7. The zero-order valence-corrected chi connectivity index (χ0v) is 17.2. The Kier molecular flexibility index (Phi) is 6.93. The molecule has 3 rings (SSSR count). The Morgan fingerprint density at radius 2 is 1.73 bits per heavy atom. The Morgan fingerprint density at radius 3 is 2.40 bits per heavy atom. The van der Waals surface area contributed by atoms with E-state index in [1.807, 2.05) is 18.2 Å². The van der Waals surface area contributed by atoms with Crippen LogP contribution in [-0.4, -0.2) is 25.6 Å². The number of halogens is 1. The summed E-state index contributed by atoms with van der Waals surface area (Å²) in [4.78, 5) is 25.1. The van der Waals surface area contributed by atoms with Gasteiger partial charge in [0.1, 0.15) is 17.2 Å². The Morgan fingerprint density at radius 1 is 0.967 bits per heavy atom. The number of rotatable bonds is 7. The summed E-state index contributed by atoms with van der Waals surface area (Å²) in [6, 6.07) is 18.6. The summed E-state index contributed by atoms with van der Waals surface area (Å²) in [5.74, 6) is 0.524. The van der Waals surface area contributed by atoms with Gasteiger partial charge in [0.05, 0.1) is 30.0 Å². The zero-order valence-electron chi connectivity index (χ0n) is 16.5. The number of carbonyl (C=O) groups excluding carboxylic acids is 2. The molecule has 1 amide bonds. The summed E-state index contributed by atoms with van der Waals surface area (Å²) in [6.45, 7) is 1.91. The maximum Gasteiger partial charge on any atom is 0.340 e. The van der Waals surface area contributed by atoms with Gasteiger partial charge in [-0.1, -0.05) is 29.8 Å². The Labute approximate surface area is 179 Å². The van der Waals surface area contributed by atoms with Crippen molar-refractivity contribution in [2.45, 2.75) is 6.92 Å². The van der Waals surface area contributed by atoms with E-state index in [1.165, 1.54) is 19.2 Å². The fourth-order valence-electron chi connectivity index (χ4n) is 2.70. The van der Waals surface area contributed by atoms with Gasteiger partial charge in [0.25, 0.3) is 5.91 Å². The number of esters is 1. The zero-order chi connectivity index (χ0) is 21.5. The first-order valence-corrected chi connectivity index (χ1v) is 9.58. The molecule has 0 atom stereocenters. The maximum atomic E-state index is 12.7. The van der Waals surface area contributed by atoms with Crippen molar-refractivity contribution in [3.05, 3.63) is 82.9 Å². The van der Waals surface area contributed by atoms with Crippen molar-refractivity contribution < 1.29 is 23.8 Å². The highest BCUT2D eigenvalue weighted by Crippen LogP contribution is 2.29. The van der Waals surface area contributed by atoms with Gasteiger partial charge in [-0.15, -0.1) is 0 Å². The SMILES string of the molecule is CCOC(=O)c1cc(Oc2ccccc2)ccc1NC(=O)c1ccc(OC)c(Cl)c1. The van der Waals surface area contributed by atoms with Crippen molar-refractivity contribution >= 4 is 29.2 Å². The molecule has 0 bridgehead atoms. The molecule has 6 nitrogen and oxygen atoms in total. The lowest BCUT2D eigenvalue weighted by molar-refractivity contribution is 0.0527. The van der Waals surface area contributed by atoms with Crippen LogP contribution in [0.25, 0.3) is 0 Å². The van der Waals surface area contributed by atoms with Crippen LogP contribution in [0.3, 0.4) is 0 Å². The lowest BCUT2D eigenvalue weighted by atomic mass is 10.1. The minimum Gasteiger partial charge on any atom is -0.495 e. The molecule has 0 fully saturated rings. The number of carbonyl (C=O) groups is 2. The largest absolute Gasteiger partial charge is 0.495 e. The highest BCUT2D eigenvalue weighted by molar-refractivity contribution is 6.32. The Bertz CT molecular complexity index is 1050. The van der Waals surface area contributed by atoms with E-state index in [2.05, 4.69) is 5.32 Å². The standard InChI is InChI=1S/C23H20ClNO5/c1-3-29-23(27)18-14-17(30-16-7-5-4-6-8-16)10-11-20(18)25-22(26)15-9-12-21(28-2)19(24)13-15/h4-14H,3H2,1-2H3,(H,25,26). The minimum atomic E-state index is -0.570. The van der Waals surface area contributed by atoms with E-state index in [9.17, 15) is 9.59 Å². The molecule has 3 aromatic rings.